The zero-order chi connectivity index (χ0) is 19.8. The fourth-order valence-electron chi connectivity index (χ4n) is 3.73. The van der Waals surface area contributed by atoms with E-state index < -0.39 is 0 Å². The first kappa shape index (κ1) is 19.2. The van der Waals surface area contributed by atoms with Gasteiger partial charge in [0.15, 0.2) is 0 Å². The lowest BCUT2D eigenvalue weighted by atomic mass is 9.95. The lowest BCUT2D eigenvalue weighted by Crippen LogP contribution is -2.38. The molecule has 1 saturated heterocycles. The van der Waals surface area contributed by atoms with Crippen molar-refractivity contribution in [3.8, 4) is 0 Å². The van der Waals surface area contributed by atoms with Gasteiger partial charge in [-0.3, -0.25) is 4.79 Å². The molecular formula is C21H23ClN4OS. The van der Waals surface area contributed by atoms with Gasteiger partial charge in [-0.15, -0.1) is 11.3 Å². The van der Waals surface area contributed by atoms with E-state index >= 15 is 0 Å². The summed E-state index contributed by atoms with van der Waals surface area (Å²) in [6, 6.07) is 5.59. The van der Waals surface area contributed by atoms with Crippen LogP contribution >= 0.6 is 22.9 Å². The molecule has 0 atom stereocenters. The van der Waals surface area contributed by atoms with Crippen molar-refractivity contribution in [2.24, 2.45) is 5.92 Å². The van der Waals surface area contributed by atoms with Gasteiger partial charge < -0.3 is 10.2 Å². The molecule has 0 unspecified atom stereocenters. The van der Waals surface area contributed by atoms with Gasteiger partial charge in [-0.05, 0) is 56.9 Å². The molecule has 0 aliphatic carbocycles. The Bertz CT molecular complexity index is 1040. The van der Waals surface area contributed by atoms with Crippen molar-refractivity contribution in [1.82, 2.24) is 9.97 Å². The summed E-state index contributed by atoms with van der Waals surface area (Å²) in [6.45, 7) is 7.81. The number of fused-ring (bicyclic) bond motifs is 1. The number of aromatic nitrogens is 2. The van der Waals surface area contributed by atoms with E-state index in [1.807, 2.05) is 25.1 Å². The van der Waals surface area contributed by atoms with Crippen molar-refractivity contribution in [1.29, 1.82) is 0 Å². The molecule has 1 fully saturated rings. The van der Waals surface area contributed by atoms with Gasteiger partial charge in [0.2, 0.25) is 5.91 Å². The van der Waals surface area contributed by atoms with E-state index in [1.54, 1.807) is 17.7 Å². The summed E-state index contributed by atoms with van der Waals surface area (Å²) >= 11 is 7.88. The highest BCUT2D eigenvalue weighted by Crippen LogP contribution is 2.35. The van der Waals surface area contributed by atoms with Crippen LogP contribution in [0, 0.1) is 26.7 Å². The highest BCUT2D eigenvalue weighted by molar-refractivity contribution is 7.18. The summed E-state index contributed by atoms with van der Waals surface area (Å²) < 4.78 is 0. The second-order valence-corrected chi connectivity index (χ2v) is 8.93. The Morgan fingerprint density at radius 1 is 1.18 bits per heavy atom. The average Bonchev–Trinajstić information content (AvgIpc) is 2.99. The number of amides is 1. The number of halogens is 1. The van der Waals surface area contributed by atoms with Crippen LogP contribution in [0.1, 0.15) is 28.8 Å². The van der Waals surface area contributed by atoms with Crippen molar-refractivity contribution in [3.05, 3.63) is 45.6 Å². The van der Waals surface area contributed by atoms with Crippen molar-refractivity contribution in [3.63, 3.8) is 0 Å². The molecule has 1 aromatic carbocycles. The topological polar surface area (TPSA) is 58.1 Å². The van der Waals surface area contributed by atoms with Crippen molar-refractivity contribution < 1.29 is 4.79 Å². The number of piperidine rings is 1. The van der Waals surface area contributed by atoms with Crippen LogP contribution in [0.4, 0.5) is 11.5 Å². The molecule has 1 amide bonds. The van der Waals surface area contributed by atoms with Crippen LogP contribution in [0.15, 0.2) is 24.5 Å². The smallest absolute Gasteiger partial charge is 0.227 e. The highest BCUT2D eigenvalue weighted by atomic mass is 35.5. The second-order valence-electron chi connectivity index (χ2n) is 7.32. The van der Waals surface area contributed by atoms with Crippen LogP contribution in [-0.4, -0.2) is 29.0 Å². The third-order valence-corrected chi connectivity index (χ3v) is 7.16. The molecule has 28 heavy (non-hydrogen) atoms. The summed E-state index contributed by atoms with van der Waals surface area (Å²) in [5.41, 5.74) is 2.95. The van der Waals surface area contributed by atoms with E-state index in [-0.39, 0.29) is 11.8 Å². The molecule has 0 radical (unpaired) electrons. The number of benzene rings is 1. The van der Waals surface area contributed by atoms with Gasteiger partial charge in [-0.1, -0.05) is 17.7 Å². The number of carbonyl (C=O) groups is 1. The molecule has 2 aromatic heterocycles. The second kappa shape index (κ2) is 7.68. The zero-order valence-corrected chi connectivity index (χ0v) is 17.8. The van der Waals surface area contributed by atoms with Gasteiger partial charge in [-0.2, -0.15) is 0 Å². The summed E-state index contributed by atoms with van der Waals surface area (Å²) in [5.74, 6) is 1.06. The molecule has 1 aliphatic heterocycles. The number of nitrogens with zero attached hydrogens (tertiary/aromatic N) is 3. The Hall–Kier alpha value is -2.18. The first-order chi connectivity index (χ1) is 13.5. The van der Waals surface area contributed by atoms with E-state index in [1.165, 1.54) is 10.4 Å². The maximum absolute atomic E-state index is 12.7. The minimum absolute atomic E-state index is 0.00253. The largest absolute Gasteiger partial charge is 0.356 e. The third-order valence-electron chi connectivity index (χ3n) is 5.64. The van der Waals surface area contributed by atoms with Crippen LogP contribution in [0.25, 0.3) is 10.2 Å². The summed E-state index contributed by atoms with van der Waals surface area (Å²) in [4.78, 5) is 26.4. The van der Waals surface area contributed by atoms with Crippen LogP contribution in [0.2, 0.25) is 5.02 Å². The fourth-order valence-corrected chi connectivity index (χ4v) is 4.90. The summed E-state index contributed by atoms with van der Waals surface area (Å²) in [5, 5.41) is 4.87. The molecule has 4 rings (SSSR count). The zero-order valence-electron chi connectivity index (χ0n) is 16.3. The number of anilines is 2. The molecule has 146 valence electrons. The maximum Gasteiger partial charge on any atom is 0.227 e. The molecule has 0 bridgehead atoms. The Balaban J connectivity index is 1.46. The SMILES string of the molecule is Cc1sc2ncnc(N3CCC(C(=O)Nc4cccc(Cl)c4C)CC3)c2c1C. The fraction of sp³-hybridized carbons (Fsp3) is 0.381. The van der Waals surface area contributed by atoms with Crippen LogP contribution in [0.3, 0.4) is 0 Å². The minimum Gasteiger partial charge on any atom is -0.356 e. The van der Waals surface area contributed by atoms with Gasteiger partial charge >= 0.3 is 0 Å². The molecule has 3 aromatic rings. The molecule has 0 spiro atoms. The normalized spacial score (nSPS) is 15.2. The molecule has 5 nitrogen and oxygen atoms in total. The standard InChI is InChI=1S/C21H23ClN4OS/c1-12-14(3)28-21-18(12)19(23-11-24-21)26-9-7-15(8-10-26)20(27)25-17-6-4-5-16(22)13(17)2/h4-6,11,15H,7-10H2,1-3H3,(H,25,27). The van der Waals surface area contributed by atoms with Gasteiger partial charge in [0.1, 0.15) is 17.0 Å². The lowest BCUT2D eigenvalue weighted by Gasteiger charge is -2.32. The Kier molecular flexibility index (Phi) is 5.25. The van der Waals surface area contributed by atoms with Crippen LogP contribution in [-0.2, 0) is 4.79 Å². The quantitative estimate of drug-likeness (QED) is 0.645. The predicted octanol–water partition coefficient (Wildman–Crippen LogP) is 5.13. The molecular weight excluding hydrogens is 392 g/mol. The molecule has 1 N–H and O–H groups in total. The Labute approximate surface area is 173 Å². The van der Waals surface area contributed by atoms with Crippen molar-refractivity contribution in [2.75, 3.05) is 23.3 Å². The molecule has 7 heteroatoms. The van der Waals surface area contributed by atoms with E-state index in [2.05, 4.69) is 34.0 Å². The average molecular weight is 415 g/mol. The highest BCUT2D eigenvalue weighted by Gasteiger charge is 2.27. The molecule has 3 heterocycles. The van der Waals surface area contributed by atoms with Crippen LogP contribution < -0.4 is 10.2 Å². The maximum atomic E-state index is 12.7. The van der Waals surface area contributed by atoms with Crippen molar-refractivity contribution >= 4 is 50.6 Å². The molecule has 0 saturated carbocycles. The van der Waals surface area contributed by atoms with Gasteiger partial charge in [0.25, 0.3) is 0 Å². The number of hydrogen-bond donors (Lipinski definition) is 1. The number of hydrogen-bond acceptors (Lipinski definition) is 5. The van der Waals surface area contributed by atoms with E-state index in [4.69, 9.17) is 11.6 Å². The van der Waals surface area contributed by atoms with E-state index in [0.717, 1.165) is 53.2 Å². The number of rotatable bonds is 3. The van der Waals surface area contributed by atoms with Gasteiger partial charge in [0, 0.05) is 34.6 Å². The van der Waals surface area contributed by atoms with Crippen molar-refractivity contribution in [2.45, 2.75) is 33.6 Å². The first-order valence-corrected chi connectivity index (χ1v) is 10.7. The monoisotopic (exact) mass is 414 g/mol. The molecule has 1 aliphatic rings. The first-order valence-electron chi connectivity index (χ1n) is 9.47. The van der Waals surface area contributed by atoms with Crippen LogP contribution in [0.5, 0.6) is 0 Å². The number of aryl methyl sites for hydroxylation is 2. The number of thiophene rings is 1. The van der Waals surface area contributed by atoms with E-state index in [0.29, 0.717) is 5.02 Å². The van der Waals surface area contributed by atoms with Gasteiger partial charge in [-0.25, -0.2) is 9.97 Å². The number of carbonyl (C=O) groups excluding carboxylic acids is 1. The summed E-state index contributed by atoms with van der Waals surface area (Å²) in [7, 11) is 0. The minimum atomic E-state index is -0.00253. The third kappa shape index (κ3) is 3.47. The summed E-state index contributed by atoms with van der Waals surface area (Å²) in [6.07, 6.45) is 3.26. The Morgan fingerprint density at radius 3 is 2.68 bits per heavy atom. The Morgan fingerprint density at radius 2 is 1.93 bits per heavy atom. The predicted molar refractivity (Wildman–Crippen MR) is 117 cm³/mol. The van der Waals surface area contributed by atoms with Gasteiger partial charge in [0.05, 0.1) is 5.39 Å². The lowest BCUT2D eigenvalue weighted by molar-refractivity contribution is -0.120. The van der Waals surface area contributed by atoms with E-state index in [9.17, 15) is 4.79 Å². The number of nitrogens with one attached hydrogen (secondary N) is 1.